The van der Waals surface area contributed by atoms with Crippen molar-refractivity contribution in [2.75, 3.05) is 32.9 Å². The Morgan fingerprint density at radius 1 is 1.44 bits per heavy atom. The summed E-state index contributed by atoms with van der Waals surface area (Å²) in [6.07, 6.45) is 6.94. The zero-order valence-corrected chi connectivity index (χ0v) is 11.8. The van der Waals surface area contributed by atoms with E-state index >= 15 is 0 Å². The number of hydrogen-bond acceptors (Lipinski definition) is 3. The van der Waals surface area contributed by atoms with Crippen molar-refractivity contribution in [2.45, 2.75) is 45.1 Å². The standard InChI is InChI=1S/C15H27NO2/c1-3-16-8-4-5-13(2)14-6-9-18-15(11-14)7-10-17-12-15/h5,14,16H,3-4,6-12H2,1-2H3. The minimum absolute atomic E-state index is 0.0414. The second-order valence-corrected chi connectivity index (χ2v) is 5.61. The molecule has 0 aromatic heterocycles. The number of nitrogens with one attached hydrogen (secondary N) is 1. The van der Waals surface area contributed by atoms with Gasteiger partial charge in [-0.15, -0.1) is 0 Å². The van der Waals surface area contributed by atoms with Crippen molar-refractivity contribution in [3.63, 3.8) is 0 Å². The Morgan fingerprint density at radius 2 is 2.33 bits per heavy atom. The highest BCUT2D eigenvalue weighted by atomic mass is 16.6. The lowest BCUT2D eigenvalue weighted by molar-refractivity contribution is -0.0925. The van der Waals surface area contributed by atoms with Gasteiger partial charge in [0.2, 0.25) is 0 Å². The van der Waals surface area contributed by atoms with Gasteiger partial charge < -0.3 is 14.8 Å². The van der Waals surface area contributed by atoms with Crippen molar-refractivity contribution < 1.29 is 9.47 Å². The first-order chi connectivity index (χ1) is 8.76. The quantitative estimate of drug-likeness (QED) is 0.603. The Hall–Kier alpha value is -0.380. The maximum atomic E-state index is 5.99. The van der Waals surface area contributed by atoms with Crippen LogP contribution < -0.4 is 5.32 Å². The number of ether oxygens (including phenoxy) is 2. The highest BCUT2D eigenvalue weighted by Gasteiger charge is 2.41. The van der Waals surface area contributed by atoms with E-state index in [1.54, 1.807) is 5.57 Å². The predicted octanol–water partition coefficient (Wildman–Crippen LogP) is 2.52. The summed E-state index contributed by atoms with van der Waals surface area (Å²) in [4.78, 5) is 0. The minimum Gasteiger partial charge on any atom is -0.378 e. The lowest BCUT2D eigenvalue weighted by Gasteiger charge is -2.37. The molecule has 104 valence electrons. The molecule has 2 heterocycles. The van der Waals surface area contributed by atoms with E-state index in [1.165, 1.54) is 6.42 Å². The molecule has 18 heavy (non-hydrogen) atoms. The summed E-state index contributed by atoms with van der Waals surface area (Å²) in [7, 11) is 0. The molecule has 0 aromatic carbocycles. The molecule has 0 aliphatic carbocycles. The Kier molecular flexibility index (Phi) is 5.22. The molecule has 2 fully saturated rings. The van der Waals surface area contributed by atoms with Crippen LogP contribution in [0.5, 0.6) is 0 Å². The van der Waals surface area contributed by atoms with Crippen molar-refractivity contribution in [1.82, 2.24) is 5.32 Å². The van der Waals surface area contributed by atoms with Crippen LogP contribution in [0.3, 0.4) is 0 Å². The summed E-state index contributed by atoms with van der Waals surface area (Å²) in [6.45, 7) is 9.15. The van der Waals surface area contributed by atoms with Crippen LogP contribution in [0.1, 0.15) is 39.5 Å². The molecule has 0 amide bonds. The van der Waals surface area contributed by atoms with Crippen molar-refractivity contribution in [1.29, 1.82) is 0 Å². The molecule has 2 aliphatic heterocycles. The van der Waals surface area contributed by atoms with Crippen LogP contribution in [0.2, 0.25) is 0 Å². The van der Waals surface area contributed by atoms with Crippen LogP contribution in [0.15, 0.2) is 11.6 Å². The monoisotopic (exact) mass is 253 g/mol. The molecule has 3 nitrogen and oxygen atoms in total. The first-order valence-electron chi connectivity index (χ1n) is 7.35. The average Bonchev–Trinajstić information content (AvgIpc) is 2.82. The normalized spacial score (nSPS) is 33.2. The molecule has 0 bridgehead atoms. The van der Waals surface area contributed by atoms with Crippen molar-refractivity contribution in [3.8, 4) is 0 Å². The molecule has 2 aliphatic rings. The number of rotatable bonds is 5. The van der Waals surface area contributed by atoms with Crippen molar-refractivity contribution in [2.24, 2.45) is 5.92 Å². The predicted molar refractivity (Wildman–Crippen MR) is 73.8 cm³/mol. The Morgan fingerprint density at radius 3 is 3.06 bits per heavy atom. The molecule has 2 atom stereocenters. The van der Waals surface area contributed by atoms with E-state index in [4.69, 9.17) is 9.47 Å². The summed E-state index contributed by atoms with van der Waals surface area (Å²) < 4.78 is 11.5. The van der Waals surface area contributed by atoms with Gasteiger partial charge >= 0.3 is 0 Å². The van der Waals surface area contributed by atoms with Crippen LogP contribution in [0, 0.1) is 5.92 Å². The maximum absolute atomic E-state index is 5.99. The molecular weight excluding hydrogens is 226 g/mol. The van der Waals surface area contributed by atoms with Gasteiger partial charge in [-0.05, 0) is 45.2 Å². The molecule has 2 saturated heterocycles. The SMILES string of the molecule is CCNCCC=C(C)C1CCOC2(CCOC2)C1. The lowest BCUT2D eigenvalue weighted by Crippen LogP contribution is -2.40. The molecular formula is C15H27NO2. The van der Waals surface area contributed by atoms with Gasteiger partial charge in [0.05, 0.1) is 12.2 Å². The van der Waals surface area contributed by atoms with E-state index in [0.29, 0.717) is 5.92 Å². The largest absolute Gasteiger partial charge is 0.378 e. The van der Waals surface area contributed by atoms with Gasteiger partial charge in [0.25, 0.3) is 0 Å². The van der Waals surface area contributed by atoms with E-state index in [2.05, 4.69) is 25.2 Å². The number of allylic oxidation sites excluding steroid dienone is 1. The average molecular weight is 253 g/mol. The third-order valence-electron chi connectivity index (χ3n) is 4.24. The van der Waals surface area contributed by atoms with Gasteiger partial charge in [-0.25, -0.2) is 0 Å². The van der Waals surface area contributed by atoms with Crippen LogP contribution in [0.25, 0.3) is 0 Å². The van der Waals surface area contributed by atoms with Gasteiger partial charge in [0.1, 0.15) is 0 Å². The first kappa shape index (κ1) is 14.0. The molecule has 2 rings (SSSR count). The topological polar surface area (TPSA) is 30.5 Å². The van der Waals surface area contributed by atoms with Crippen LogP contribution in [0.4, 0.5) is 0 Å². The van der Waals surface area contributed by atoms with E-state index in [-0.39, 0.29) is 5.60 Å². The smallest absolute Gasteiger partial charge is 0.0942 e. The van der Waals surface area contributed by atoms with E-state index < -0.39 is 0 Å². The highest BCUT2D eigenvalue weighted by Crippen LogP contribution is 2.38. The van der Waals surface area contributed by atoms with E-state index in [1.807, 2.05) is 0 Å². The summed E-state index contributed by atoms with van der Waals surface area (Å²) >= 11 is 0. The molecule has 2 unspecified atom stereocenters. The molecule has 1 spiro atoms. The molecule has 0 aromatic rings. The highest BCUT2D eigenvalue weighted by molar-refractivity contribution is 5.08. The second-order valence-electron chi connectivity index (χ2n) is 5.61. The Balaban J connectivity index is 1.84. The lowest BCUT2D eigenvalue weighted by atomic mass is 9.81. The summed E-state index contributed by atoms with van der Waals surface area (Å²) in [5, 5.41) is 3.37. The number of hydrogen-bond donors (Lipinski definition) is 1. The third-order valence-corrected chi connectivity index (χ3v) is 4.24. The summed E-state index contributed by atoms with van der Waals surface area (Å²) in [6, 6.07) is 0. The third kappa shape index (κ3) is 3.56. The molecule has 0 radical (unpaired) electrons. The van der Waals surface area contributed by atoms with Crippen LogP contribution in [-0.4, -0.2) is 38.5 Å². The second kappa shape index (κ2) is 6.69. The van der Waals surface area contributed by atoms with Crippen LogP contribution in [-0.2, 0) is 9.47 Å². The van der Waals surface area contributed by atoms with Gasteiger partial charge in [-0.1, -0.05) is 18.6 Å². The van der Waals surface area contributed by atoms with Crippen LogP contribution >= 0.6 is 0 Å². The molecule has 3 heteroatoms. The first-order valence-corrected chi connectivity index (χ1v) is 7.35. The van der Waals surface area contributed by atoms with E-state index in [0.717, 1.165) is 52.2 Å². The fraction of sp³-hybridized carbons (Fsp3) is 0.867. The fourth-order valence-electron chi connectivity index (χ4n) is 3.03. The Bertz CT molecular complexity index is 282. The fourth-order valence-corrected chi connectivity index (χ4v) is 3.03. The van der Waals surface area contributed by atoms with Gasteiger partial charge in [0.15, 0.2) is 0 Å². The van der Waals surface area contributed by atoms with Gasteiger partial charge in [-0.3, -0.25) is 0 Å². The maximum Gasteiger partial charge on any atom is 0.0942 e. The van der Waals surface area contributed by atoms with Gasteiger partial charge in [0, 0.05) is 19.6 Å². The van der Waals surface area contributed by atoms with Crippen molar-refractivity contribution in [3.05, 3.63) is 11.6 Å². The molecule has 1 N–H and O–H groups in total. The van der Waals surface area contributed by atoms with Crippen molar-refractivity contribution >= 4 is 0 Å². The van der Waals surface area contributed by atoms with Gasteiger partial charge in [-0.2, -0.15) is 0 Å². The minimum atomic E-state index is 0.0414. The Labute approximate surface area is 111 Å². The zero-order chi connectivity index (χ0) is 12.8. The molecule has 0 saturated carbocycles. The summed E-state index contributed by atoms with van der Waals surface area (Å²) in [5.74, 6) is 0.696. The zero-order valence-electron chi connectivity index (χ0n) is 11.8. The van der Waals surface area contributed by atoms with E-state index in [9.17, 15) is 0 Å². The summed E-state index contributed by atoms with van der Waals surface area (Å²) in [5.41, 5.74) is 1.59.